The van der Waals surface area contributed by atoms with Crippen LogP contribution in [0, 0.1) is 11.3 Å². The third kappa shape index (κ3) is 2.75. The minimum atomic E-state index is -0.985. The molecule has 0 radical (unpaired) electrons. The van der Waals surface area contributed by atoms with E-state index in [4.69, 9.17) is 26.6 Å². The lowest BCUT2D eigenvalue weighted by atomic mass is 9.86. The minimum Gasteiger partial charge on any atom is -0.496 e. The van der Waals surface area contributed by atoms with Crippen molar-refractivity contribution < 1.29 is 19.7 Å². The maximum absolute atomic E-state index is 10.9. The molecular formula is C14H15ClN2O4. The van der Waals surface area contributed by atoms with E-state index in [-0.39, 0.29) is 12.5 Å². The van der Waals surface area contributed by atoms with E-state index in [9.17, 15) is 10.1 Å². The fourth-order valence-corrected chi connectivity index (χ4v) is 2.85. The van der Waals surface area contributed by atoms with Crippen molar-refractivity contribution >= 4 is 17.7 Å². The molecule has 1 saturated heterocycles. The first-order chi connectivity index (χ1) is 10.0. The van der Waals surface area contributed by atoms with Crippen molar-refractivity contribution in [1.29, 1.82) is 5.26 Å². The van der Waals surface area contributed by atoms with Crippen LogP contribution in [-0.4, -0.2) is 48.0 Å². The number of nitrogens with zero attached hydrogens (tertiary/aromatic N) is 2. The van der Waals surface area contributed by atoms with Crippen LogP contribution in [-0.2, 0) is 6.42 Å². The Bertz CT molecular complexity index is 606. The number of nitriles is 1. The van der Waals surface area contributed by atoms with Gasteiger partial charge in [-0.1, -0.05) is 11.6 Å². The van der Waals surface area contributed by atoms with Crippen molar-refractivity contribution in [3.8, 4) is 11.8 Å². The van der Waals surface area contributed by atoms with E-state index in [2.05, 4.69) is 6.07 Å². The number of aliphatic hydroxyl groups excluding tert-OH is 1. The van der Waals surface area contributed by atoms with Gasteiger partial charge in [-0.3, -0.25) is 0 Å². The number of methoxy groups -OCH3 is 1. The average molecular weight is 311 g/mol. The van der Waals surface area contributed by atoms with Gasteiger partial charge in [-0.05, 0) is 18.1 Å². The first-order valence-electron chi connectivity index (χ1n) is 6.41. The van der Waals surface area contributed by atoms with Crippen molar-refractivity contribution in [2.75, 3.05) is 26.8 Å². The number of aliphatic hydroxyl groups is 1. The number of halogens is 1. The van der Waals surface area contributed by atoms with Crippen LogP contribution < -0.4 is 4.74 Å². The summed E-state index contributed by atoms with van der Waals surface area (Å²) in [4.78, 5) is 12.1. The van der Waals surface area contributed by atoms with Gasteiger partial charge in [0.15, 0.2) is 0 Å². The molecule has 7 heteroatoms. The summed E-state index contributed by atoms with van der Waals surface area (Å²) in [5, 5.41) is 27.6. The molecule has 21 heavy (non-hydrogen) atoms. The van der Waals surface area contributed by atoms with Crippen LogP contribution in [0.3, 0.4) is 0 Å². The van der Waals surface area contributed by atoms with Gasteiger partial charge in [0.2, 0.25) is 0 Å². The Kier molecular flexibility index (Phi) is 4.56. The van der Waals surface area contributed by atoms with Gasteiger partial charge < -0.3 is 19.8 Å². The van der Waals surface area contributed by atoms with E-state index in [1.807, 2.05) is 0 Å². The first-order valence-corrected chi connectivity index (χ1v) is 6.79. The lowest BCUT2D eigenvalue weighted by Gasteiger charge is -2.38. The van der Waals surface area contributed by atoms with E-state index in [0.717, 1.165) is 0 Å². The molecular weight excluding hydrogens is 296 g/mol. The number of carboxylic acid groups (broad SMARTS) is 1. The second kappa shape index (κ2) is 6.20. The molecule has 1 fully saturated rings. The van der Waals surface area contributed by atoms with Crippen molar-refractivity contribution in [2.24, 2.45) is 0 Å². The zero-order chi connectivity index (χ0) is 15.6. The van der Waals surface area contributed by atoms with Gasteiger partial charge in [-0.15, -0.1) is 0 Å². The summed E-state index contributed by atoms with van der Waals surface area (Å²) >= 11 is 6.13. The second-order valence-corrected chi connectivity index (χ2v) is 5.22. The van der Waals surface area contributed by atoms with Crippen molar-refractivity contribution in [2.45, 2.75) is 12.3 Å². The largest absolute Gasteiger partial charge is 0.496 e. The molecule has 0 bridgehead atoms. The van der Waals surface area contributed by atoms with Gasteiger partial charge in [0.25, 0.3) is 0 Å². The van der Waals surface area contributed by atoms with E-state index >= 15 is 0 Å². The van der Waals surface area contributed by atoms with Crippen LogP contribution in [0.4, 0.5) is 4.79 Å². The lowest BCUT2D eigenvalue weighted by Crippen LogP contribution is -2.48. The van der Waals surface area contributed by atoms with Crippen LogP contribution in [0.25, 0.3) is 0 Å². The molecule has 1 aromatic carbocycles. The quantitative estimate of drug-likeness (QED) is 0.885. The molecule has 2 N–H and O–H groups in total. The molecule has 6 nitrogen and oxygen atoms in total. The number of benzene rings is 1. The number of rotatable bonds is 4. The number of likely N-dealkylation sites (tertiary alicyclic amines) is 1. The third-order valence-electron chi connectivity index (χ3n) is 3.60. The van der Waals surface area contributed by atoms with E-state index < -0.39 is 6.09 Å². The van der Waals surface area contributed by atoms with Gasteiger partial charge in [-0.2, -0.15) is 5.26 Å². The number of hydrogen-bond donors (Lipinski definition) is 2. The van der Waals surface area contributed by atoms with Crippen LogP contribution in [0.15, 0.2) is 6.07 Å². The Hall–Kier alpha value is -1.97. The van der Waals surface area contributed by atoms with Crippen LogP contribution in [0.5, 0.6) is 5.75 Å². The summed E-state index contributed by atoms with van der Waals surface area (Å²) in [5.41, 5.74) is 1.66. The number of carbonyl (C=O) groups is 1. The summed E-state index contributed by atoms with van der Waals surface area (Å²) in [7, 11) is 1.49. The Morgan fingerprint density at radius 2 is 2.29 bits per heavy atom. The molecule has 2 rings (SSSR count). The monoisotopic (exact) mass is 310 g/mol. The van der Waals surface area contributed by atoms with Gasteiger partial charge in [0.05, 0.1) is 17.7 Å². The molecule has 1 aliphatic heterocycles. The molecule has 1 heterocycles. The van der Waals surface area contributed by atoms with Crippen LogP contribution >= 0.6 is 11.6 Å². The normalized spacial score (nSPS) is 14.5. The van der Waals surface area contributed by atoms with E-state index in [0.29, 0.717) is 47.0 Å². The SMILES string of the molecule is COc1c(CCO)cc(Cl)c(C#N)c1C1CN(C(=O)O)C1. The highest BCUT2D eigenvalue weighted by Gasteiger charge is 2.36. The number of amides is 1. The van der Waals surface area contributed by atoms with Crippen LogP contribution in [0.1, 0.15) is 22.6 Å². The molecule has 0 unspecified atom stereocenters. The first kappa shape index (κ1) is 15.4. The average Bonchev–Trinajstić information content (AvgIpc) is 2.37. The summed E-state index contributed by atoms with van der Waals surface area (Å²) < 4.78 is 5.39. The Morgan fingerprint density at radius 1 is 1.62 bits per heavy atom. The van der Waals surface area contributed by atoms with Crippen molar-refractivity contribution in [3.05, 3.63) is 27.8 Å². The molecule has 1 aliphatic rings. The van der Waals surface area contributed by atoms with E-state index in [1.54, 1.807) is 6.07 Å². The predicted molar refractivity (Wildman–Crippen MR) is 75.8 cm³/mol. The highest BCUT2D eigenvalue weighted by atomic mass is 35.5. The fraction of sp³-hybridized carbons (Fsp3) is 0.429. The molecule has 0 spiro atoms. The van der Waals surface area contributed by atoms with Crippen LogP contribution in [0.2, 0.25) is 5.02 Å². The molecule has 0 aromatic heterocycles. The molecule has 1 aromatic rings. The zero-order valence-electron chi connectivity index (χ0n) is 11.5. The lowest BCUT2D eigenvalue weighted by molar-refractivity contribution is 0.104. The molecule has 0 atom stereocenters. The van der Waals surface area contributed by atoms with Crippen molar-refractivity contribution in [3.63, 3.8) is 0 Å². The smallest absolute Gasteiger partial charge is 0.407 e. The van der Waals surface area contributed by atoms with Gasteiger partial charge in [0, 0.05) is 31.2 Å². The Labute approximate surface area is 127 Å². The third-order valence-corrected chi connectivity index (χ3v) is 3.90. The zero-order valence-corrected chi connectivity index (χ0v) is 12.2. The standard InChI is InChI=1S/C14H15ClN2O4/c1-21-13-8(2-3-18)4-11(15)10(5-16)12(13)9-6-17(7-9)14(19)20/h4,9,18H,2-3,6-7H2,1H3,(H,19,20). The van der Waals surface area contributed by atoms with Crippen molar-refractivity contribution in [1.82, 2.24) is 4.90 Å². The maximum Gasteiger partial charge on any atom is 0.407 e. The highest BCUT2D eigenvalue weighted by Crippen LogP contribution is 2.41. The molecule has 1 amide bonds. The fourth-order valence-electron chi connectivity index (χ4n) is 2.57. The van der Waals surface area contributed by atoms with E-state index in [1.165, 1.54) is 12.0 Å². The van der Waals surface area contributed by atoms with Gasteiger partial charge in [-0.25, -0.2) is 4.79 Å². The highest BCUT2D eigenvalue weighted by molar-refractivity contribution is 6.32. The van der Waals surface area contributed by atoms with Gasteiger partial charge >= 0.3 is 6.09 Å². The predicted octanol–water partition coefficient (Wildman–Crippen LogP) is 1.83. The summed E-state index contributed by atoms with van der Waals surface area (Å²) in [6.45, 7) is 0.544. The Balaban J connectivity index is 2.47. The minimum absolute atomic E-state index is 0.0655. The van der Waals surface area contributed by atoms with Gasteiger partial charge in [0.1, 0.15) is 11.8 Å². The summed E-state index contributed by atoms with van der Waals surface area (Å²) in [5.74, 6) is 0.391. The number of hydrogen-bond acceptors (Lipinski definition) is 4. The second-order valence-electron chi connectivity index (χ2n) is 4.81. The number of ether oxygens (including phenoxy) is 1. The maximum atomic E-state index is 10.9. The molecule has 0 aliphatic carbocycles. The topological polar surface area (TPSA) is 93.8 Å². The summed E-state index contributed by atoms with van der Waals surface area (Å²) in [6.07, 6.45) is -0.627. The Morgan fingerprint density at radius 3 is 2.76 bits per heavy atom. The summed E-state index contributed by atoms with van der Waals surface area (Å²) in [6, 6.07) is 3.68. The molecule has 0 saturated carbocycles. The molecule has 112 valence electrons.